The average molecular weight is 434 g/mol. The number of para-hydroxylation sites is 1. The second kappa shape index (κ2) is 8.21. The van der Waals surface area contributed by atoms with E-state index in [1.165, 1.54) is 11.1 Å². The quantitative estimate of drug-likeness (QED) is 0.390. The van der Waals surface area contributed by atoms with Crippen LogP contribution in [0.25, 0.3) is 22.2 Å². The number of aromatic nitrogens is 3. The first-order chi connectivity index (χ1) is 15.1. The molecule has 0 atom stereocenters. The summed E-state index contributed by atoms with van der Waals surface area (Å²) in [4.78, 5) is 12.4. The zero-order valence-electron chi connectivity index (χ0n) is 17.5. The molecular weight excluding hydrogens is 410 g/mol. The number of benzene rings is 2. The summed E-state index contributed by atoms with van der Waals surface area (Å²) in [6, 6.07) is 12.3. The van der Waals surface area contributed by atoms with Crippen LogP contribution < -0.4 is 15.4 Å². The lowest BCUT2D eigenvalue weighted by Crippen LogP contribution is -2.24. The maximum Gasteiger partial charge on any atom is 0.227 e. The standard InChI is InChI=1S/C24H24ClN5O/c1-14(2)31-22-10-15-7-8-26-11-16(15)9-21(22)29-24-28-13-19(25)23(30-24)18-12-27-20-6-4-3-5-17(18)20/h3-6,9-10,12-14,26-27H,7-8,11H2,1-2H3,(H,28,29,30). The van der Waals surface area contributed by atoms with Gasteiger partial charge in [-0.05, 0) is 56.1 Å². The second-order valence-corrected chi connectivity index (χ2v) is 8.38. The first kappa shape index (κ1) is 19.8. The molecule has 0 saturated carbocycles. The van der Waals surface area contributed by atoms with Gasteiger partial charge in [-0.3, -0.25) is 0 Å². The molecule has 1 aliphatic rings. The number of halogens is 1. The number of ether oxygens (including phenoxy) is 1. The molecule has 3 heterocycles. The molecule has 0 aliphatic carbocycles. The van der Waals surface area contributed by atoms with Crippen molar-refractivity contribution in [3.63, 3.8) is 0 Å². The van der Waals surface area contributed by atoms with Gasteiger partial charge in [0.2, 0.25) is 5.95 Å². The van der Waals surface area contributed by atoms with Gasteiger partial charge in [-0.1, -0.05) is 29.8 Å². The van der Waals surface area contributed by atoms with E-state index in [0.717, 1.165) is 47.4 Å². The summed E-state index contributed by atoms with van der Waals surface area (Å²) in [6.07, 6.45) is 4.62. The molecule has 3 N–H and O–H groups in total. The highest BCUT2D eigenvalue weighted by atomic mass is 35.5. The van der Waals surface area contributed by atoms with Crippen LogP contribution in [-0.2, 0) is 13.0 Å². The Labute approximate surface area is 186 Å². The molecule has 0 radical (unpaired) electrons. The molecule has 0 saturated heterocycles. The minimum Gasteiger partial charge on any atom is -0.489 e. The number of nitrogens with zero attached hydrogens (tertiary/aromatic N) is 2. The summed E-state index contributed by atoms with van der Waals surface area (Å²) in [6.45, 7) is 5.88. The molecule has 0 unspecified atom stereocenters. The van der Waals surface area contributed by atoms with E-state index in [-0.39, 0.29) is 6.10 Å². The maximum atomic E-state index is 6.49. The monoisotopic (exact) mass is 433 g/mol. The third-order valence-corrected chi connectivity index (χ3v) is 5.66. The molecule has 0 spiro atoms. The summed E-state index contributed by atoms with van der Waals surface area (Å²) in [5.41, 5.74) is 6.09. The van der Waals surface area contributed by atoms with E-state index in [0.29, 0.717) is 16.7 Å². The lowest BCUT2D eigenvalue weighted by atomic mass is 9.99. The highest BCUT2D eigenvalue weighted by Gasteiger charge is 2.17. The largest absolute Gasteiger partial charge is 0.489 e. The molecule has 6 nitrogen and oxygen atoms in total. The van der Waals surface area contributed by atoms with Gasteiger partial charge in [0.25, 0.3) is 0 Å². The zero-order valence-corrected chi connectivity index (χ0v) is 18.3. The van der Waals surface area contributed by atoms with Crippen LogP contribution in [0, 0.1) is 0 Å². The summed E-state index contributed by atoms with van der Waals surface area (Å²) in [7, 11) is 0. The van der Waals surface area contributed by atoms with Crippen LogP contribution in [0.15, 0.2) is 48.8 Å². The van der Waals surface area contributed by atoms with Crippen LogP contribution in [0.4, 0.5) is 11.6 Å². The van der Waals surface area contributed by atoms with Crippen molar-refractivity contribution in [2.45, 2.75) is 32.9 Å². The molecule has 0 bridgehead atoms. The molecule has 7 heteroatoms. The van der Waals surface area contributed by atoms with Gasteiger partial charge in [0, 0.05) is 29.2 Å². The van der Waals surface area contributed by atoms with Gasteiger partial charge >= 0.3 is 0 Å². The Morgan fingerprint density at radius 3 is 2.90 bits per heavy atom. The van der Waals surface area contributed by atoms with Crippen molar-refractivity contribution in [1.82, 2.24) is 20.3 Å². The number of anilines is 2. The predicted molar refractivity (Wildman–Crippen MR) is 125 cm³/mol. The normalized spacial score (nSPS) is 13.4. The van der Waals surface area contributed by atoms with E-state index in [1.807, 2.05) is 38.2 Å². The fourth-order valence-electron chi connectivity index (χ4n) is 3.96. The molecular formula is C24H24ClN5O. The number of H-pyrrole nitrogens is 1. The summed E-state index contributed by atoms with van der Waals surface area (Å²) in [5, 5.41) is 8.36. The van der Waals surface area contributed by atoms with Crippen LogP contribution in [0.2, 0.25) is 5.02 Å². The minimum absolute atomic E-state index is 0.0632. The van der Waals surface area contributed by atoms with Gasteiger partial charge in [-0.25, -0.2) is 9.97 Å². The van der Waals surface area contributed by atoms with Crippen molar-refractivity contribution in [2.24, 2.45) is 0 Å². The lowest BCUT2D eigenvalue weighted by molar-refractivity contribution is 0.243. The van der Waals surface area contributed by atoms with Gasteiger partial charge in [-0.15, -0.1) is 0 Å². The van der Waals surface area contributed by atoms with E-state index in [1.54, 1.807) is 6.20 Å². The number of hydrogen-bond acceptors (Lipinski definition) is 5. The Hall–Kier alpha value is -3.09. The van der Waals surface area contributed by atoms with E-state index < -0.39 is 0 Å². The topological polar surface area (TPSA) is 74.9 Å². The predicted octanol–water partition coefficient (Wildman–Crippen LogP) is 5.45. The van der Waals surface area contributed by atoms with E-state index in [4.69, 9.17) is 21.3 Å². The second-order valence-electron chi connectivity index (χ2n) is 7.97. The molecule has 2 aromatic heterocycles. The smallest absolute Gasteiger partial charge is 0.227 e. The Bertz CT molecular complexity index is 1250. The molecule has 0 amide bonds. The Kier molecular flexibility index (Phi) is 5.26. The number of nitrogens with one attached hydrogen (secondary N) is 3. The summed E-state index contributed by atoms with van der Waals surface area (Å²) < 4.78 is 6.10. The van der Waals surface area contributed by atoms with E-state index in [2.05, 4.69) is 38.8 Å². The highest BCUT2D eigenvalue weighted by molar-refractivity contribution is 6.33. The maximum absolute atomic E-state index is 6.49. The fourth-order valence-corrected chi connectivity index (χ4v) is 4.16. The van der Waals surface area contributed by atoms with Crippen LogP contribution >= 0.6 is 11.6 Å². The first-order valence-electron chi connectivity index (χ1n) is 10.5. The number of fused-ring (bicyclic) bond motifs is 2. The number of aromatic amines is 1. The third kappa shape index (κ3) is 3.96. The summed E-state index contributed by atoms with van der Waals surface area (Å²) >= 11 is 6.49. The van der Waals surface area contributed by atoms with Gasteiger partial charge in [-0.2, -0.15) is 0 Å². The SMILES string of the molecule is CC(C)Oc1cc2c(cc1Nc1ncc(Cl)c(-c3c[nH]c4ccccc34)n1)CNCC2. The van der Waals surface area contributed by atoms with Crippen molar-refractivity contribution < 1.29 is 4.74 Å². The van der Waals surface area contributed by atoms with Crippen molar-refractivity contribution in [3.05, 3.63) is 64.9 Å². The average Bonchev–Trinajstić information content (AvgIpc) is 3.19. The Balaban J connectivity index is 1.54. The minimum atomic E-state index is 0.0632. The molecule has 31 heavy (non-hydrogen) atoms. The number of hydrogen-bond donors (Lipinski definition) is 3. The van der Waals surface area contributed by atoms with E-state index >= 15 is 0 Å². The van der Waals surface area contributed by atoms with Crippen molar-refractivity contribution in [2.75, 3.05) is 11.9 Å². The van der Waals surface area contributed by atoms with Crippen molar-refractivity contribution in [1.29, 1.82) is 0 Å². The molecule has 158 valence electrons. The molecule has 4 aromatic rings. The lowest BCUT2D eigenvalue weighted by Gasteiger charge is -2.22. The Morgan fingerprint density at radius 1 is 1.16 bits per heavy atom. The van der Waals surface area contributed by atoms with Crippen LogP contribution in [0.3, 0.4) is 0 Å². The van der Waals surface area contributed by atoms with Gasteiger partial charge < -0.3 is 20.4 Å². The van der Waals surface area contributed by atoms with Gasteiger partial charge in [0.05, 0.1) is 28.7 Å². The van der Waals surface area contributed by atoms with Crippen LogP contribution in [0.5, 0.6) is 5.75 Å². The van der Waals surface area contributed by atoms with Crippen LogP contribution in [0.1, 0.15) is 25.0 Å². The van der Waals surface area contributed by atoms with Crippen LogP contribution in [-0.4, -0.2) is 27.6 Å². The molecule has 2 aromatic carbocycles. The third-order valence-electron chi connectivity index (χ3n) is 5.39. The molecule has 5 rings (SSSR count). The van der Waals surface area contributed by atoms with Gasteiger partial charge in [0.15, 0.2) is 0 Å². The Morgan fingerprint density at radius 2 is 2.03 bits per heavy atom. The highest BCUT2D eigenvalue weighted by Crippen LogP contribution is 2.35. The van der Waals surface area contributed by atoms with Gasteiger partial charge in [0.1, 0.15) is 5.75 Å². The number of rotatable bonds is 5. The van der Waals surface area contributed by atoms with Crippen molar-refractivity contribution in [3.8, 4) is 17.0 Å². The summed E-state index contributed by atoms with van der Waals surface area (Å²) in [5.74, 6) is 1.28. The fraction of sp³-hybridized carbons (Fsp3) is 0.250. The molecule has 0 fully saturated rings. The zero-order chi connectivity index (χ0) is 21.4. The molecule has 1 aliphatic heterocycles. The van der Waals surface area contributed by atoms with E-state index in [9.17, 15) is 0 Å². The van der Waals surface area contributed by atoms with Crippen molar-refractivity contribution >= 4 is 34.1 Å². The first-order valence-corrected chi connectivity index (χ1v) is 10.9.